The van der Waals surface area contributed by atoms with Crippen molar-refractivity contribution in [3.8, 4) is 11.8 Å². The first-order valence-corrected chi connectivity index (χ1v) is 25.1. The number of nitrogens with two attached hydrogens (primary N) is 1. The van der Waals surface area contributed by atoms with Crippen LogP contribution in [0.5, 0.6) is 0 Å². The number of hydrogen-bond acceptors (Lipinski definition) is 8. The highest BCUT2D eigenvalue weighted by atomic mass is 16.6. The van der Waals surface area contributed by atoms with Gasteiger partial charge in [-0.25, -0.2) is 4.79 Å². The van der Waals surface area contributed by atoms with Crippen LogP contribution in [0.15, 0.2) is 82.5 Å². The maximum atomic E-state index is 16.1. The molecular weight excluding hydrogens is 795 g/mol. The number of hydrogen-bond donors (Lipinski definition) is 2. The SMILES string of the molecule is CC1C2C#CCc3ccc4cc3CC3CC5=C6CCC78C(=C(O)CC(C)N9CC%10CC(C9)C9C=CC2=C(C6C31)N9C%10)OC(=O)C57C(CCCC4)C81OC(=O)c2c(CCCN)cccc21. The van der Waals surface area contributed by atoms with E-state index in [0.717, 1.165) is 88.5 Å². The maximum absolute atomic E-state index is 16.1. The third kappa shape index (κ3) is 4.51. The standard InChI is InChI=1S/C56H61N3O5/c1-30-22-45(60)51-54-20-19-41-43-26-37-25-36-23-32(8-3-4-14-46(55(43,54)53(62)63-51)56(54)42-13-6-10-35(11-7-21-57)48(42)52(61)64-56)15-16-34(36)9-5-12-39-31(2)47(37)49(41)50-40(39)17-18-44-38-24-33(28-59(44)50)27-58(30)29-38/h6,10,13,15-18,23,30-31,33,37-39,44,46-47,49,60H,3-4,7-9,11,14,19-22,24-29,57H2,1-2H3. The predicted molar refractivity (Wildman–Crippen MR) is 242 cm³/mol. The van der Waals surface area contributed by atoms with Crippen molar-refractivity contribution in [2.45, 2.75) is 115 Å². The largest absolute Gasteiger partial charge is 0.509 e. The molecule has 9 heterocycles. The molecule has 14 atom stereocenters. The minimum atomic E-state index is -1.16. The van der Waals surface area contributed by atoms with Crippen LogP contribution in [-0.2, 0) is 45.6 Å². The summed E-state index contributed by atoms with van der Waals surface area (Å²) in [6, 6.07) is 13.8. The molecular formula is C56H61N3O5. The Bertz CT molecular complexity index is 2680. The summed E-state index contributed by atoms with van der Waals surface area (Å²) in [5.41, 5.74) is 15.1. The quantitative estimate of drug-likeness (QED) is 0.181. The second-order valence-electron chi connectivity index (χ2n) is 22.4. The first kappa shape index (κ1) is 38.7. The summed E-state index contributed by atoms with van der Waals surface area (Å²) < 4.78 is 14.1. The van der Waals surface area contributed by atoms with Crippen LogP contribution in [0, 0.1) is 70.0 Å². The molecule has 1 saturated carbocycles. The van der Waals surface area contributed by atoms with E-state index in [1.54, 1.807) is 0 Å². The Balaban J connectivity index is 1.09. The molecule has 64 heavy (non-hydrogen) atoms. The van der Waals surface area contributed by atoms with Gasteiger partial charge in [-0.15, -0.1) is 0 Å². The van der Waals surface area contributed by atoms with Crippen LogP contribution in [0.25, 0.3) is 0 Å². The third-order valence-corrected chi connectivity index (χ3v) is 19.9. The monoisotopic (exact) mass is 855 g/mol. The maximum Gasteiger partial charge on any atom is 0.339 e. The number of fused-ring (bicyclic) bond motifs is 6. The van der Waals surface area contributed by atoms with Crippen LogP contribution >= 0.6 is 0 Å². The zero-order valence-electron chi connectivity index (χ0n) is 37.5. The van der Waals surface area contributed by atoms with Crippen molar-refractivity contribution in [3.63, 3.8) is 0 Å². The molecule has 9 aliphatic heterocycles. The minimum Gasteiger partial charge on any atom is -0.509 e. The van der Waals surface area contributed by atoms with Gasteiger partial charge in [-0.1, -0.05) is 84.9 Å². The number of aliphatic hydroxyl groups excluding tert-OH is 1. The summed E-state index contributed by atoms with van der Waals surface area (Å²) >= 11 is 0. The molecule has 2 aromatic carbocycles. The fraction of sp³-hybridized carbons (Fsp3) is 0.571. The number of rotatable bonds is 3. The van der Waals surface area contributed by atoms with Gasteiger partial charge in [0, 0.05) is 67.5 Å². The number of carbonyl (C=O) groups excluding carboxylic acids is 2. The Labute approximate surface area is 377 Å². The van der Waals surface area contributed by atoms with Gasteiger partial charge >= 0.3 is 11.9 Å². The van der Waals surface area contributed by atoms with Gasteiger partial charge in [-0.2, -0.15) is 0 Å². The minimum absolute atomic E-state index is 0.0315. The predicted octanol–water partition coefficient (Wildman–Crippen LogP) is 8.25. The Morgan fingerprint density at radius 2 is 1.91 bits per heavy atom. The van der Waals surface area contributed by atoms with E-state index in [2.05, 4.69) is 84.0 Å². The number of ether oxygens (including phenoxy) is 2. The Hall–Kier alpha value is -4.58. The fourth-order valence-electron chi connectivity index (χ4n) is 17.8. The van der Waals surface area contributed by atoms with E-state index >= 15 is 4.79 Å². The van der Waals surface area contributed by atoms with E-state index in [4.69, 9.17) is 15.2 Å². The van der Waals surface area contributed by atoms with Crippen molar-refractivity contribution in [1.29, 1.82) is 0 Å². The number of aryl methyl sites for hydroxylation is 2. The molecule has 15 aliphatic rings. The number of nitrogens with zero attached hydrogens (tertiary/aromatic N) is 2. The first-order chi connectivity index (χ1) is 31.2. The van der Waals surface area contributed by atoms with Crippen molar-refractivity contribution in [2.75, 3.05) is 26.2 Å². The molecule has 17 bridgehead atoms. The van der Waals surface area contributed by atoms with E-state index in [-0.39, 0.29) is 47.4 Å². The zero-order valence-corrected chi connectivity index (χ0v) is 37.5. The summed E-state index contributed by atoms with van der Waals surface area (Å²) in [7, 11) is 0. The molecule has 3 spiro atoms. The highest BCUT2D eigenvalue weighted by Gasteiger charge is 2.93. The van der Waals surface area contributed by atoms with Gasteiger partial charge in [0.2, 0.25) is 0 Å². The summed E-state index contributed by atoms with van der Waals surface area (Å²) in [4.78, 5) is 36.5. The van der Waals surface area contributed by atoms with Crippen LogP contribution in [0.1, 0.15) is 110 Å². The Morgan fingerprint density at radius 3 is 2.80 bits per heavy atom. The number of benzene rings is 2. The average Bonchev–Trinajstić information content (AvgIpc) is 3.74. The van der Waals surface area contributed by atoms with Crippen molar-refractivity contribution >= 4 is 11.9 Å². The molecule has 14 unspecified atom stereocenters. The lowest BCUT2D eigenvalue weighted by Crippen LogP contribution is -2.77. The van der Waals surface area contributed by atoms with Crippen molar-refractivity contribution in [3.05, 3.63) is 116 Å². The fourth-order valence-corrected chi connectivity index (χ4v) is 17.8. The summed E-state index contributed by atoms with van der Waals surface area (Å²) in [6.45, 7) is 8.27. The normalized spacial score (nSPS) is 42.4. The molecule has 4 fully saturated rings. The summed E-state index contributed by atoms with van der Waals surface area (Å²) in [5, 5.41) is 13.0. The van der Waals surface area contributed by atoms with E-state index in [1.807, 2.05) is 0 Å². The lowest BCUT2D eigenvalue weighted by atomic mass is 9.28. The van der Waals surface area contributed by atoms with Gasteiger partial charge in [0.15, 0.2) is 11.4 Å². The smallest absolute Gasteiger partial charge is 0.339 e. The third-order valence-electron chi connectivity index (χ3n) is 19.9. The lowest BCUT2D eigenvalue weighted by Gasteiger charge is -2.72. The van der Waals surface area contributed by atoms with Gasteiger partial charge < -0.3 is 25.2 Å². The van der Waals surface area contributed by atoms with Crippen molar-refractivity contribution in [1.82, 2.24) is 9.80 Å². The molecule has 8 heteroatoms. The highest BCUT2D eigenvalue weighted by Crippen LogP contribution is 2.87. The molecule has 2 aromatic rings. The van der Waals surface area contributed by atoms with Gasteiger partial charge in [0.1, 0.15) is 11.2 Å². The molecule has 6 aliphatic carbocycles. The summed E-state index contributed by atoms with van der Waals surface area (Å²) in [5.74, 6) is 9.71. The highest BCUT2D eigenvalue weighted by molar-refractivity contribution is 6.00. The molecule has 17 rings (SSSR count). The van der Waals surface area contributed by atoms with Crippen LogP contribution < -0.4 is 5.73 Å². The lowest BCUT2D eigenvalue weighted by molar-refractivity contribution is -0.279. The average molecular weight is 856 g/mol. The van der Waals surface area contributed by atoms with Crippen molar-refractivity contribution < 1.29 is 24.2 Å². The van der Waals surface area contributed by atoms with Crippen LogP contribution in [0.4, 0.5) is 0 Å². The van der Waals surface area contributed by atoms with Crippen LogP contribution in [-0.4, -0.2) is 65.1 Å². The number of aliphatic hydroxyl groups is 1. The van der Waals surface area contributed by atoms with Gasteiger partial charge in [-0.3, -0.25) is 9.69 Å². The van der Waals surface area contributed by atoms with Gasteiger partial charge in [-0.05, 0) is 135 Å². The van der Waals surface area contributed by atoms with Gasteiger partial charge in [0.25, 0.3) is 0 Å². The van der Waals surface area contributed by atoms with Crippen molar-refractivity contribution in [2.24, 2.45) is 63.9 Å². The molecule has 330 valence electrons. The van der Waals surface area contributed by atoms with E-state index in [0.29, 0.717) is 66.8 Å². The second kappa shape index (κ2) is 13.3. The van der Waals surface area contributed by atoms with Crippen LogP contribution in [0.3, 0.4) is 0 Å². The first-order valence-electron chi connectivity index (χ1n) is 25.1. The number of allylic oxidation sites excluding steroid dienone is 3. The van der Waals surface area contributed by atoms with E-state index < -0.39 is 16.4 Å². The number of esters is 2. The Kier molecular flexibility index (Phi) is 8.03. The molecule has 8 nitrogen and oxygen atoms in total. The summed E-state index contributed by atoms with van der Waals surface area (Å²) in [6.07, 6.45) is 15.5. The molecule has 0 aromatic heterocycles. The molecule has 0 amide bonds. The molecule has 3 N–H and O–H groups in total. The second-order valence-corrected chi connectivity index (χ2v) is 22.4. The molecule has 3 saturated heterocycles. The number of piperidine rings is 2. The number of carbonyl (C=O) groups is 2. The van der Waals surface area contributed by atoms with E-state index in [1.165, 1.54) is 45.5 Å². The van der Waals surface area contributed by atoms with E-state index in [9.17, 15) is 9.90 Å². The zero-order chi connectivity index (χ0) is 43.0. The van der Waals surface area contributed by atoms with Crippen LogP contribution in [0.2, 0.25) is 0 Å². The Morgan fingerprint density at radius 1 is 1.00 bits per heavy atom. The van der Waals surface area contributed by atoms with Gasteiger partial charge in [0.05, 0.1) is 17.0 Å². The molecule has 0 radical (unpaired) electrons. The topological polar surface area (TPSA) is 105 Å².